The Bertz CT molecular complexity index is 419. The van der Waals surface area contributed by atoms with Crippen LogP contribution in [0.3, 0.4) is 0 Å². The minimum Gasteiger partial charge on any atom is -0.389 e. The first-order valence-corrected chi connectivity index (χ1v) is 7.00. The van der Waals surface area contributed by atoms with Crippen LogP contribution >= 0.6 is 12.2 Å². The molecule has 4 heteroatoms. The minimum atomic E-state index is 0.455. The van der Waals surface area contributed by atoms with Gasteiger partial charge in [0.2, 0.25) is 0 Å². The van der Waals surface area contributed by atoms with Crippen molar-refractivity contribution in [3.63, 3.8) is 0 Å². The smallest absolute Gasteiger partial charge is 0.106 e. The molecule has 18 heavy (non-hydrogen) atoms. The number of hydrogen-bond acceptors (Lipinski definition) is 3. The topological polar surface area (TPSA) is 41.3 Å². The van der Waals surface area contributed by atoms with E-state index in [1.165, 1.54) is 19.4 Å². The average molecular weight is 263 g/mol. The van der Waals surface area contributed by atoms with Gasteiger partial charge in [-0.05, 0) is 38.1 Å². The average Bonchev–Trinajstić information content (AvgIpc) is 2.84. The van der Waals surface area contributed by atoms with Crippen molar-refractivity contribution < 1.29 is 0 Å². The first-order valence-electron chi connectivity index (χ1n) is 6.59. The summed E-state index contributed by atoms with van der Waals surface area (Å²) < 4.78 is 0. The SMILES string of the molecule is CCN1CCCC1CNc1ccccc1C(N)=S. The summed E-state index contributed by atoms with van der Waals surface area (Å²) in [5.74, 6) is 0. The number of nitrogens with two attached hydrogens (primary N) is 1. The molecule has 0 aromatic heterocycles. The van der Waals surface area contributed by atoms with Crippen LogP contribution in [0.15, 0.2) is 24.3 Å². The maximum Gasteiger partial charge on any atom is 0.106 e. The van der Waals surface area contributed by atoms with Crippen molar-refractivity contribution >= 4 is 22.9 Å². The summed E-state index contributed by atoms with van der Waals surface area (Å²) in [6.45, 7) is 5.54. The summed E-state index contributed by atoms with van der Waals surface area (Å²) in [4.78, 5) is 2.98. The van der Waals surface area contributed by atoms with Gasteiger partial charge in [0, 0.05) is 23.8 Å². The summed E-state index contributed by atoms with van der Waals surface area (Å²) >= 11 is 5.07. The molecule has 3 nitrogen and oxygen atoms in total. The molecule has 3 N–H and O–H groups in total. The highest BCUT2D eigenvalue weighted by molar-refractivity contribution is 7.80. The fourth-order valence-corrected chi connectivity index (χ4v) is 2.80. The Morgan fingerprint density at radius 2 is 2.28 bits per heavy atom. The van der Waals surface area contributed by atoms with Crippen LogP contribution in [0.1, 0.15) is 25.3 Å². The van der Waals surface area contributed by atoms with Crippen LogP contribution in [0.25, 0.3) is 0 Å². The number of nitrogens with one attached hydrogen (secondary N) is 1. The number of likely N-dealkylation sites (tertiary alicyclic amines) is 1. The summed E-state index contributed by atoms with van der Waals surface area (Å²) in [6.07, 6.45) is 2.58. The van der Waals surface area contributed by atoms with E-state index in [1.807, 2.05) is 24.3 Å². The third-order valence-corrected chi connectivity index (χ3v) is 3.85. The van der Waals surface area contributed by atoms with Crippen LogP contribution in [0.2, 0.25) is 0 Å². The van der Waals surface area contributed by atoms with Crippen molar-refractivity contribution in [1.29, 1.82) is 0 Å². The number of para-hydroxylation sites is 1. The van der Waals surface area contributed by atoms with E-state index in [-0.39, 0.29) is 0 Å². The van der Waals surface area contributed by atoms with Gasteiger partial charge in [-0.3, -0.25) is 4.90 Å². The molecule has 1 aliphatic heterocycles. The molecule has 1 saturated heterocycles. The molecular weight excluding hydrogens is 242 g/mol. The molecule has 1 atom stereocenters. The normalized spacial score (nSPS) is 19.9. The predicted molar refractivity (Wildman–Crippen MR) is 81.1 cm³/mol. The molecule has 2 rings (SSSR count). The monoisotopic (exact) mass is 263 g/mol. The lowest BCUT2D eigenvalue weighted by molar-refractivity contribution is 0.277. The van der Waals surface area contributed by atoms with Crippen LogP contribution in [0, 0.1) is 0 Å². The van der Waals surface area contributed by atoms with E-state index in [9.17, 15) is 0 Å². The zero-order chi connectivity index (χ0) is 13.0. The molecule has 0 saturated carbocycles. The molecular formula is C14H21N3S. The van der Waals surface area contributed by atoms with Crippen molar-refractivity contribution in [3.05, 3.63) is 29.8 Å². The Labute approximate surface area is 114 Å². The van der Waals surface area contributed by atoms with Crippen LogP contribution in [-0.2, 0) is 0 Å². The summed E-state index contributed by atoms with van der Waals surface area (Å²) in [6, 6.07) is 8.62. The molecule has 1 aromatic carbocycles. The number of likely N-dealkylation sites (N-methyl/N-ethyl adjacent to an activating group) is 1. The maximum absolute atomic E-state index is 5.73. The van der Waals surface area contributed by atoms with Gasteiger partial charge in [0.1, 0.15) is 4.99 Å². The number of benzene rings is 1. The van der Waals surface area contributed by atoms with E-state index < -0.39 is 0 Å². The second kappa shape index (κ2) is 6.16. The van der Waals surface area contributed by atoms with Gasteiger partial charge in [-0.25, -0.2) is 0 Å². The minimum absolute atomic E-state index is 0.455. The van der Waals surface area contributed by atoms with Crippen LogP contribution in [0.5, 0.6) is 0 Å². The number of nitrogens with zero attached hydrogens (tertiary/aromatic N) is 1. The van der Waals surface area contributed by atoms with E-state index in [1.54, 1.807) is 0 Å². The van der Waals surface area contributed by atoms with Gasteiger partial charge in [-0.2, -0.15) is 0 Å². The second-order valence-electron chi connectivity index (χ2n) is 4.72. The fourth-order valence-electron chi connectivity index (χ4n) is 2.62. The Balaban J connectivity index is 2.00. The highest BCUT2D eigenvalue weighted by Crippen LogP contribution is 2.19. The first kappa shape index (κ1) is 13.3. The lowest BCUT2D eigenvalue weighted by atomic mass is 10.1. The molecule has 1 unspecified atom stereocenters. The van der Waals surface area contributed by atoms with Gasteiger partial charge >= 0.3 is 0 Å². The van der Waals surface area contributed by atoms with Crippen LogP contribution < -0.4 is 11.1 Å². The molecule has 0 amide bonds. The molecule has 0 spiro atoms. The number of anilines is 1. The Hall–Kier alpha value is -1.13. The highest BCUT2D eigenvalue weighted by atomic mass is 32.1. The van der Waals surface area contributed by atoms with Gasteiger partial charge in [-0.15, -0.1) is 0 Å². The van der Waals surface area contributed by atoms with Crippen LogP contribution in [0.4, 0.5) is 5.69 Å². The van der Waals surface area contributed by atoms with Gasteiger partial charge < -0.3 is 11.1 Å². The van der Waals surface area contributed by atoms with E-state index in [0.717, 1.165) is 24.3 Å². The summed E-state index contributed by atoms with van der Waals surface area (Å²) in [7, 11) is 0. The third kappa shape index (κ3) is 3.00. The molecule has 1 heterocycles. The largest absolute Gasteiger partial charge is 0.389 e. The lowest BCUT2D eigenvalue weighted by Crippen LogP contribution is -2.34. The Kier molecular flexibility index (Phi) is 4.55. The van der Waals surface area contributed by atoms with E-state index in [4.69, 9.17) is 18.0 Å². The van der Waals surface area contributed by atoms with Gasteiger partial charge in [0.15, 0.2) is 0 Å². The lowest BCUT2D eigenvalue weighted by Gasteiger charge is -2.24. The van der Waals surface area contributed by atoms with Crippen molar-refractivity contribution in [1.82, 2.24) is 4.90 Å². The molecule has 1 aliphatic rings. The van der Waals surface area contributed by atoms with Crippen LogP contribution in [-0.4, -0.2) is 35.6 Å². The standard InChI is InChI=1S/C14H21N3S/c1-2-17-9-5-6-11(17)10-16-13-8-4-3-7-12(13)14(15)18/h3-4,7-8,11,16H,2,5-6,9-10H2,1H3,(H2,15,18). The van der Waals surface area contributed by atoms with Gasteiger partial charge in [-0.1, -0.05) is 31.3 Å². The zero-order valence-corrected chi connectivity index (χ0v) is 11.7. The second-order valence-corrected chi connectivity index (χ2v) is 5.16. The number of rotatable bonds is 5. The van der Waals surface area contributed by atoms with E-state index in [0.29, 0.717) is 11.0 Å². The first-order chi connectivity index (χ1) is 8.72. The van der Waals surface area contributed by atoms with Gasteiger partial charge in [0.05, 0.1) is 0 Å². The Morgan fingerprint density at radius 3 is 3.00 bits per heavy atom. The molecule has 98 valence electrons. The number of thiocarbonyl (C=S) groups is 1. The third-order valence-electron chi connectivity index (χ3n) is 3.63. The van der Waals surface area contributed by atoms with E-state index in [2.05, 4.69) is 17.1 Å². The zero-order valence-electron chi connectivity index (χ0n) is 10.9. The van der Waals surface area contributed by atoms with Crippen molar-refractivity contribution in [2.24, 2.45) is 5.73 Å². The van der Waals surface area contributed by atoms with E-state index >= 15 is 0 Å². The summed E-state index contributed by atoms with van der Waals surface area (Å²) in [5, 5.41) is 3.49. The summed E-state index contributed by atoms with van der Waals surface area (Å²) in [5.41, 5.74) is 7.72. The molecule has 0 radical (unpaired) electrons. The maximum atomic E-state index is 5.73. The fraction of sp³-hybridized carbons (Fsp3) is 0.500. The predicted octanol–water partition coefficient (Wildman–Crippen LogP) is 2.22. The molecule has 0 aliphatic carbocycles. The van der Waals surface area contributed by atoms with Gasteiger partial charge in [0.25, 0.3) is 0 Å². The quantitative estimate of drug-likeness (QED) is 0.799. The molecule has 1 fully saturated rings. The molecule has 1 aromatic rings. The Morgan fingerprint density at radius 1 is 1.50 bits per heavy atom. The molecule has 0 bridgehead atoms. The highest BCUT2D eigenvalue weighted by Gasteiger charge is 2.22. The van der Waals surface area contributed by atoms with Crippen molar-refractivity contribution in [2.75, 3.05) is 25.0 Å². The van der Waals surface area contributed by atoms with Crippen molar-refractivity contribution in [3.8, 4) is 0 Å². The number of hydrogen-bond donors (Lipinski definition) is 2. The van der Waals surface area contributed by atoms with Crippen molar-refractivity contribution in [2.45, 2.75) is 25.8 Å².